The van der Waals surface area contributed by atoms with Crippen LogP contribution in [-0.2, 0) is 10.2 Å². The van der Waals surface area contributed by atoms with Crippen molar-refractivity contribution in [2.45, 2.75) is 37.5 Å². The van der Waals surface area contributed by atoms with Gasteiger partial charge in [-0.05, 0) is 18.9 Å². The largest absolute Gasteiger partial charge is 0.493 e. The predicted molar refractivity (Wildman–Crippen MR) is 76.9 cm³/mol. The standard InChI is InChI=1S/C15H18ClFO4/c1-20-10-8-9(12(17)11(16)13(10)21-2)15(14(18)19)6-4-3-5-7-15/h8H,3-7H2,1-2H3,(H,18,19). The Labute approximate surface area is 127 Å². The minimum atomic E-state index is -1.24. The summed E-state index contributed by atoms with van der Waals surface area (Å²) < 4.78 is 24.8. The average molecular weight is 317 g/mol. The number of benzene rings is 1. The highest BCUT2D eigenvalue weighted by atomic mass is 35.5. The molecule has 1 saturated carbocycles. The Bertz CT molecular complexity index is 553. The van der Waals surface area contributed by atoms with Crippen molar-refractivity contribution < 1.29 is 23.8 Å². The number of carboxylic acids is 1. The third-order valence-electron chi connectivity index (χ3n) is 4.18. The van der Waals surface area contributed by atoms with Crippen molar-refractivity contribution in [3.8, 4) is 11.5 Å². The molecule has 1 fully saturated rings. The number of carboxylic acid groups (broad SMARTS) is 1. The van der Waals surface area contributed by atoms with Gasteiger partial charge in [0.2, 0.25) is 0 Å². The van der Waals surface area contributed by atoms with Crippen molar-refractivity contribution in [1.29, 1.82) is 0 Å². The third-order valence-corrected chi connectivity index (χ3v) is 4.52. The van der Waals surface area contributed by atoms with Crippen LogP contribution in [-0.4, -0.2) is 25.3 Å². The van der Waals surface area contributed by atoms with Crippen LogP contribution in [0.5, 0.6) is 11.5 Å². The first-order valence-corrected chi connectivity index (χ1v) is 7.19. The zero-order valence-electron chi connectivity index (χ0n) is 12.0. The van der Waals surface area contributed by atoms with Crippen LogP contribution in [0.15, 0.2) is 6.07 Å². The highest BCUT2D eigenvalue weighted by Gasteiger charge is 2.44. The Balaban J connectivity index is 2.66. The molecular formula is C15H18ClFO4. The summed E-state index contributed by atoms with van der Waals surface area (Å²) in [5.74, 6) is -1.44. The Morgan fingerprint density at radius 2 is 1.90 bits per heavy atom. The zero-order chi connectivity index (χ0) is 15.6. The van der Waals surface area contributed by atoms with E-state index in [1.165, 1.54) is 20.3 Å². The molecule has 4 nitrogen and oxygen atoms in total. The SMILES string of the molecule is COc1cc(C2(C(=O)O)CCCCC2)c(F)c(Cl)c1OC. The summed E-state index contributed by atoms with van der Waals surface area (Å²) in [5.41, 5.74) is -1.16. The Morgan fingerprint density at radius 1 is 1.29 bits per heavy atom. The van der Waals surface area contributed by atoms with Gasteiger partial charge in [0.25, 0.3) is 0 Å². The molecule has 0 saturated heterocycles. The lowest BCUT2D eigenvalue weighted by Gasteiger charge is -2.34. The third kappa shape index (κ3) is 2.55. The number of methoxy groups -OCH3 is 2. The second kappa shape index (κ2) is 6.10. The van der Waals surface area contributed by atoms with Gasteiger partial charge in [0, 0.05) is 5.56 Å². The Hall–Kier alpha value is -1.49. The Morgan fingerprint density at radius 3 is 2.38 bits per heavy atom. The fraction of sp³-hybridized carbons (Fsp3) is 0.533. The van der Waals surface area contributed by atoms with Crippen LogP contribution in [0.4, 0.5) is 4.39 Å². The summed E-state index contributed by atoms with van der Waals surface area (Å²) in [6, 6.07) is 1.40. The van der Waals surface area contributed by atoms with Gasteiger partial charge in [-0.2, -0.15) is 0 Å². The van der Waals surface area contributed by atoms with E-state index in [4.69, 9.17) is 21.1 Å². The van der Waals surface area contributed by atoms with E-state index in [-0.39, 0.29) is 22.1 Å². The minimum Gasteiger partial charge on any atom is -0.493 e. The van der Waals surface area contributed by atoms with Gasteiger partial charge in [0.05, 0.1) is 19.6 Å². The molecule has 0 heterocycles. The second-order valence-electron chi connectivity index (χ2n) is 5.24. The molecule has 6 heteroatoms. The minimum absolute atomic E-state index is 0.0803. The average Bonchev–Trinajstić information content (AvgIpc) is 2.50. The highest BCUT2D eigenvalue weighted by molar-refractivity contribution is 6.32. The van der Waals surface area contributed by atoms with Crippen molar-refractivity contribution in [2.24, 2.45) is 0 Å². The van der Waals surface area contributed by atoms with Crippen molar-refractivity contribution in [3.05, 3.63) is 22.5 Å². The summed E-state index contributed by atoms with van der Waals surface area (Å²) >= 11 is 6.00. The van der Waals surface area contributed by atoms with Gasteiger partial charge in [0.1, 0.15) is 10.8 Å². The summed E-state index contributed by atoms with van der Waals surface area (Å²) in [5, 5.41) is 9.43. The topological polar surface area (TPSA) is 55.8 Å². The first-order chi connectivity index (χ1) is 9.97. The van der Waals surface area contributed by atoms with Gasteiger partial charge < -0.3 is 14.6 Å². The molecule has 0 aliphatic heterocycles. The van der Waals surface area contributed by atoms with E-state index in [0.717, 1.165) is 19.3 Å². The van der Waals surface area contributed by atoms with Crippen LogP contribution in [0, 0.1) is 5.82 Å². The smallest absolute Gasteiger partial charge is 0.314 e. The van der Waals surface area contributed by atoms with Crippen LogP contribution in [0.1, 0.15) is 37.7 Å². The van der Waals surface area contributed by atoms with E-state index in [2.05, 4.69) is 0 Å². The molecule has 1 aromatic carbocycles. The molecule has 0 amide bonds. The van der Waals surface area contributed by atoms with Gasteiger partial charge >= 0.3 is 5.97 Å². The lowest BCUT2D eigenvalue weighted by atomic mass is 9.69. The summed E-state index contributed by atoms with van der Waals surface area (Å²) in [4.78, 5) is 11.8. The van der Waals surface area contributed by atoms with E-state index in [1.807, 2.05) is 0 Å². The first kappa shape index (κ1) is 15.9. The van der Waals surface area contributed by atoms with Gasteiger partial charge in [-0.1, -0.05) is 30.9 Å². The molecule has 1 aliphatic rings. The van der Waals surface area contributed by atoms with Crippen LogP contribution < -0.4 is 9.47 Å². The van der Waals surface area contributed by atoms with Crippen molar-refractivity contribution in [3.63, 3.8) is 0 Å². The van der Waals surface area contributed by atoms with Gasteiger partial charge in [-0.3, -0.25) is 4.79 Å². The summed E-state index contributed by atoms with van der Waals surface area (Å²) in [7, 11) is 2.76. The first-order valence-electron chi connectivity index (χ1n) is 6.81. The molecule has 0 spiro atoms. The number of hydrogen-bond donors (Lipinski definition) is 1. The van der Waals surface area contributed by atoms with Crippen LogP contribution in [0.3, 0.4) is 0 Å². The number of ether oxygens (including phenoxy) is 2. The van der Waals surface area contributed by atoms with E-state index < -0.39 is 17.2 Å². The molecule has 1 aliphatic carbocycles. The van der Waals surface area contributed by atoms with Crippen LogP contribution in [0.25, 0.3) is 0 Å². The molecule has 0 radical (unpaired) electrons. The molecule has 2 rings (SSSR count). The molecule has 0 atom stereocenters. The quantitative estimate of drug-likeness (QED) is 0.918. The van der Waals surface area contributed by atoms with Crippen LogP contribution in [0.2, 0.25) is 5.02 Å². The van der Waals surface area contributed by atoms with Gasteiger partial charge in [-0.25, -0.2) is 4.39 Å². The maximum Gasteiger partial charge on any atom is 0.314 e. The molecule has 1 N–H and O–H groups in total. The molecular weight excluding hydrogens is 299 g/mol. The fourth-order valence-corrected chi connectivity index (χ4v) is 3.30. The van der Waals surface area contributed by atoms with E-state index >= 15 is 0 Å². The van der Waals surface area contributed by atoms with Gasteiger partial charge in [-0.15, -0.1) is 0 Å². The van der Waals surface area contributed by atoms with Crippen molar-refractivity contribution in [1.82, 2.24) is 0 Å². The molecule has 0 aromatic heterocycles. The number of rotatable bonds is 4. The maximum atomic E-state index is 14.6. The van der Waals surface area contributed by atoms with Crippen molar-refractivity contribution in [2.75, 3.05) is 14.2 Å². The molecule has 0 unspecified atom stereocenters. The van der Waals surface area contributed by atoms with Gasteiger partial charge in [0.15, 0.2) is 11.5 Å². The monoisotopic (exact) mass is 316 g/mol. The second-order valence-corrected chi connectivity index (χ2v) is 5.61. The number of hydrogen-bond acceptors (Lipinski definition) is 3. The Kier molecular flexibility index (Phi) is 4.61. The molecule has 21 heavy (non-hydrogen) atoms. The predicted octanol–water partition coefficient (Wildman–Crippen LogP) is 3.78. The fourth-order valence-electron chi connectivity index (χ4n) is 3.03. The molecule has 1 aromatic rings. The summed E-state index contributed by atoms with van der Waals surface area (Å²) in [6.45, 7) is 0. The van der Waals surface area contributed by atoms with Crippen molar-refractivity contribution >= 4 is 17.6 Å². The maximum absolute atomic E-state index is 14.6. The normalized spacial score (nSPS) is 17.3. The number of halogens is 2. The number of carbonyl (C=O) groups is 1. The molecule has 0 bridgehead atoms. The van der Waals surface area contributed by atoms with E-state index in [0.29, 0.717) is 12.8 Å². The summed E-state index contributed by atoms with van der Waals surface area (Å²) in [6.07, 6.45) is 3.24. The zero-order valence-corrected chi connectivity index (χ0v) is 12.8. The highest BCUT2D eigenvalue weighted by Crippen LogP contribution is 2.47. The van der Waals surface area contributed by atoms with Crippen LogP contribution >= 0.6 is 11.6 Å². The van der Waals surface area contributed by atoms with E-state index in [1.54, 1.807) is 0 Å². The lowest BCUT2D eigenvalue weighted by Crippen LogP contribution is -2.38. The van der Waals surface area contributed by atoms with E-state index in [9.17, 15) is 14.3 Å². The number of aliphatic carboxylic acids is 1. The lowest BCUT2D eigenvalue weighted by molar-refractivity contribution is -0.145. The molecule has 116 valence electrons.